The second-order valence-electron chi connectivity index (χ2n) is 7.68. The Hall–Kier alpha value is -2.85. The van der Waals surface area contributed by atoms with Crippen LogP contribution in [0.3, 0.4) is 0 Å². The van der Waals surface area contributed by atoms with Crippen molar-refractivity contribution in [2.45, 2.75) is 51.8 Å². The second kappa shape index (κ2) is 11.5. The lowest BCUT2D eigenvalue weighted by Gasteiger charge is -2.14. The molecule has 0 aliphatic rings. The summed E-state index contributed by atoms with van der Waals surface area (Å²) in [6.45, 7) is 7.93. The second-order valence-corrected chi connectivity index (χ2v) is 9.85. The number of rotatable bonds is 10. The molecule has 0 bridgehead atoms. The van der Waals surface area contributed by atoms with Crippen LogP contribution in [-0.4, -0.2) is 39.5 Å². The van der Waals surface area contributed by atoms with Gasteiger partial charge in [0.25, 0.3) is 0 Å². The van der Waals surface area contributed by atoms with Crippen LogP contribution in [0.5, 0.6) is 5.75 Å². The molecule has 0 aliphatic heterocycles. The van der Waals surface area contributed by atoms with Gasteiger partial charge in [0.2, 0.25) is 5.91 Å². The molecule has 2 aromatic heterocycles. The summed E-state index contributed by atoms with van der Waals surface area (Å²) in [6, 6.07) is 7.99. The fraction of sp³-hybridized carbons (Fsp3) is 0.417. The topological polar surface area (TPSA) is 95.3 Å². The van der Waals surface area contributed by atoms with Crippen LogP contribution in [0.2, 0.25) is 0 Å². The highest BCUT2D eigenvalue weighted by Crippen LogP contribution is 2.34. The first-order chi connectivity index (χ1) is 16.3. The van der Waals surface area contributed by atoms with E-state index < -0.39 is 5.97 Å². The number of anilines is 1. The maximum absolute atomic E-state index is 12.6. The number of amides is 1. The molecule has 2 heterocycles. The summed E-state index contributed by atoms with van der Waals surface area (Å²) in [5, 5.41) is 12.5. The van der Waals surface area contributed by atoms with Gasteiger partial charge >= 0.3 is 5.97 Å². The van der Waals surface area contributed by atoms with E-state index in [4.69, 9.17) is 9.47 Å². The molecule has 0 spiro atoms. The number of aromatic nitrogens is 3. The van der Waals surface area contributed by atoms with Gasteiger partial charge in [-0.25, -0.2) is 4.79 Å². The van der Waals surface area contributed by atoms with Gasteiger partial charge in [-0.1, -0.05) is 37.7 Å². The largest absolute Gasteiger partial charge is 0.483 e. The molecule has 1 atom stereocenters. The van der Waals surface area contributed by atoms with Crippen LogP contribution in [-0.2, 0) is 29.4 Å². The number of thiophene rings is 1. The molecular formula is C24H30N4O4S2. The first-order valence-corrected chi connectivity index (χ1v) is 12.9. The Morgan fingerprint density at radius 3 is 2.50 bits per heavy atom. The minimum atomic E-state index is -0.444. The van der Waals surface area contributed by atoms with Gasteiger partial charge in [0.1, 0.15) is 10.8 Å². The van der Waals surface area contributed by atoms with Crippen molar-refractivity contribution in [2.75, 3.05) is 18.2 Å². The SMILES string of the molecule is CCc1ccc(OC(C)c2nnc(SCC(=O)Nc3sc(C)c(CC)c3C(=O)OC)n2C)cc1. The third-order valence-electron chi connectivity index (χ3n) is 5.41. The van der Waals surface area contributed by atoms with Crippen LogP contribution >= 0.6 is 23.1 Å². The zero-order valence-electron chi connectivity index (χ0n) is 20.3. The summed E-state index contributed by atoms with van der Waals surface area (Å²) in [6.07, 6.45) is 1.35. The summed E-state index contributed by atoms with van der Waals surface area (Å²) in [4.78, 5) is 25.9. The van der Waals surface area contributed by atoms with E-state index in [2.05, 4.69) is 22.4 Å². The number of methoxy groups -OCH3 is 1. The van der Waals surface area contributed by atoms with E-state index in [-0.39, 0.29) is 17.8 Å². The van der Waals surface area contributed by atoms with Crippen LogP contribution in [0.25, 0.3) is 0 Å². The molecule has 0 saturated carbocycles. The third-order valence-corrected chi connectivity index (χ3v) is 7.50. The van der Waals surface area contributed by atoms with Crippen LogP contribution in [0.15, 0.2) is 29.4 Å². The van der Waals surface area contributed by atoms with Gasteiger partial charge in [-0.3, -0.25) is 4.79 Å². The van der Waals surface area contributed by atoms with Gasteiger partial charge < -0.3 is 19.4 Å². The third kappa shape index (κ3) is 5.79. The number of hydrogen-bond acceptors (Lipinski definition) is 8. The fourth-order valence-corrected chi connectivity index (χ4v) is 5.44. The van der Waals surface area contributed by atoms with Crippen molar-refractivity contribution in [1.82, 2.24) is 14.8 Å². The van der Waals surface area contributed by atoms with Gasteiger partial charge in [-0.15, -0.1) is 21.5 Å². The van der Waals surface area contributed by atoms with E-state index in [1.54, 1.807) is 0 Å². The Labute approximate surface area is 208 Å². The molecule has 8 nitrogen and oxygen atoms in total. The fourth-order valence-electron chi connectivity index (χ4n) is 3.57. The van der Waals surface area contributed by atoms with Gasteiger partial charge in [0.05, 0.1) is 18.4 Å². The molecule has 0 radical (unpaired) electrons. The zero-order valence-corrected chi connectivity index (χ0v) is 21.9. The quantitative estimate of drug-likeness (QED) is 0.309. The molecule has 1 amide bonds. The van der Waals surface area contributed by atoms with Crippen LogP contribution in [0.1, 0.15) is 59.1 Å². The first kappa shape index (κ1) is 25.8. The average molecular weight is 503 g/mol. The maximum Gasteiger partial charge on any atom is 0.341 e. The molecule has 10 heteroatoms. The standard InChI is InChI=1S/C24H30N4O4S2/c1-7-16-9-11-17(12-10-16)32-14(3)21-26-27-24(28(21)5)33-13-19(29)25-22-20(23(30)31-6)18(8-2)15(4)34-22/h9-12,14H,7-8,13H2,1-6H3,(H,25,29). The van der Waals surface area contributed by atoms with Crippen LogP contribution in [0.4, 0.5) is 5.00 Å². The Bertz CT molecular complexity index is 1150. The van der Waals surface area contributed by atoms with Crippen molar-refractivity contribution >= 4 is 40.0 Å². The molecule has 0 fully saturated rings. The summed E-state index contributed by atoms with van der Waals surface area (Å²) in [5.41, 5.74) is 2.58. The number of ether oxygens (including phenoxy) is 2. The van der Waals surface area contributed by atoms with E-state index in [0.29, 0.717) is 28.0 Å². The minimum Gasteiger partial charge on any atom is -0.483 e. The molecule has 1 aromatic carbocycles. The van der Waals surface area contributed by atoms with Crippen molar-refractivity contribution in [3.8, 4) is 5.75 Å². The van der Waals surface area contributed by atoms with Crippen LogP contribution < -0.4 is 10.1 Å². The van der Waals surface area contributed by atoms with E-state index in [0.717, 1.165) is 22.6 Å². The highest BCUT2D eigenvalue weighted by Gasteiger charge is 2.23. The van der Waals surface area contributed by atoms with Crippen molar-refractivity contribution in [2.24, 2.45) is 7.05 Å². The molecule has 0 aliphatic carbocycles. The Kier molecular flexibility index (Phi) is 8.73. The Morgan fingerprint density at radius 1 is 1.18 bits per heavy atom. The summed E-state index contributed by atoms with van der Waals surface area (Å²) >= 11 is 2.65. The molecule has 3 rings (SSSR count). The number of esters is 1. The maximum atomic E-state index is 12.6. The van der Waals surface area contributed by atoms with E-state index in [1.165, 1.54) is 35.8 Å². The number of carbonyl (C=O) groups is 2. The van der Waals surface area contributed by atoms with E-state index in [9.17, 15) is 9.59 Å². The number of nitrogens with one attached hydrogen (secondary N) is 1. The number of carbonyl (C=O) groups excluding carboxylic acids is 2. The first-order valence-electron chi connectivity index (χ1n) is 11.1. The molecular weight excluding hydrogens is 472 g/mol. The molecule has 182 valence electrons. The molecule has 1 unspecified atom stereocenters. The highest BCUT2D eigenvalue weighted by atomic mass is 32.2. The summed E-state index contributed by atoms with van der Waals surface area (Å²) in [5.74, 6) is 0.875. The smallest absolute Gasteiger partial charge is 0.341 e. The molecule has 0 saturated heterocycles. The number of aryl methyl sites for hydroxylation is 2. The number of benzene rings is 1. The van der Waals surface area contributed by atoms with Crippen LogP contribution in [0, 0.1) is 6.92 Å². The number of thioether (sulfide) groups is 1. The summed E-state index contributed by atoms with van der Waals surface area (Å²) < 4.78 is 12.8. The predicted octanol–water partition coefficient (Wildman–Crippen LogP) is 4.97. The summed E-state index contributed by atoms with van der Waals surface area (Å²) in [7, 11) is 3.19. The van der Waals surface area contributed by atoms with Crippen molar-refractivity contribution in [3.05, 3.63) is 51.7 Å². The number of nitrogens with zero attached hydrogens (tertiary/aromatic N) is 3. The number of hydrogen-bond donors (Lipinski definition) is 1. The van der Waals surface area contributed by atoms with Gasteiger partial charge in [0, 0.05) is 11.9 Å². The monoisotopic (exact) mass is 502 g/mol. The molecule has 34 heavy (non-hydrogen) atoms. The minimum absolute atomic E-state index is 0.124. The lowest BCUT2D eigenvalue weighted by molar-refractivity contribution is -0.113. The Balaban J connectivity index is 1.63. The lowest BCUT2D eigenvalue weighted by Crippen LogP contribution is -2.16. The Morgan fingerprint density at radius 2 is 1.88 bits per heavy atom. The lowest BCUT2D eigenvalue weighted by atomic mass is 10.1. The van der Waals surface area contributed by atoms with Gasteiger partial charge in [0.15, 0.2) is 17.1 Å². The highest BCUT2D eigenvalue weighted by molar-refractivity contribution is 7.99. The zero-order chi connectivity index (χ0) is 24.8. The van der Waals surface area contributed by atoms with Gasteiger partial charge in [-0.2, -0.15) is 0 Å². The molecule has 1 N–H and O–H groups in total. The predicted molar refractivity (Wildman–Crippen MR) is 135 cm³/mol. The average Bonchev–Trinajstić information content (AvgIpc) is 3.35. The normalized spacial score (nSPS) is 11.8. The molecule has 3 aromatic rings. The van der Waals surface area contributed by atoms with Gasteiger partial charge in [-0.05, 0) is 49.9 Å². The van der Waals surface area contributed by atoms with Crippen molar-refractivity contribution < 1.29 is 19.1 Å². The van der Waals surface area contributed by atoms with Crippen molar-refractivity contribution in [1.29, 1.82) is 0 Å². The van der Waals surface area contributed by atoms with Crippen molar-refractivity contribution in [3.63, 3.8) is 0 Å². The van der Waals surface area contributed by atoms with E-state index in [1.807, 2.05) is 56.7 Å². The van der Waals surface area contributed by atoms with E-state index >= 15 is 0 Å².